The molecule has 1 aliphatic carbocycles. The molecule has 2 aromatic rings. The number of hydrogen-bond acceptors (Lipinski definition) is 3. The molecule has 0 radical (unpaired) electrons. The van der Waals surface area contributed by atoms with Crippen LogP contribution in [0.4, 0.5) is 0 Å². The molecule has 1 saturated carbocycles. The Morgan fingerprint density at radius 3 is 2.79 bits per heavy atom. The van der Waals surface area contributed by atoms with Gasteiger partial charge in [-0.15, -0.1) is 24.0 Å². The molecule has 0 atom stereocenters. The van der Waals surface area contributed by atoms with Crippen molar-refractivity contribution in [1.82, 2.24) is 15.2 Å². The molecule has 1 spiro atoms. The fourth-order valence-electron chi connectivity index (χ4n) is 4.17. The van der Waals surface area contributed by atoms with Crippen LogP contribution in [0, 0.1) is 5.41 Å². The molecule has 1 saturated heterocycles. The van der Waals surface area contributed by atoms with Gasteiger partial charge in [-0.25, -0.2) is 4.99 Å². The Morgan fingerprint density at radius 2 is 2.10 bits per heavy atom. The Balaban J connectivity index is 0.00000240. The smallest absolute Gasteiger partial charge is 0.194 e. The van der Waals surface area contributed by atoms with Crippen molar-refractivity contribution in [2.45, 2.75) is 45.8 Å². The van der Waals surface area contributed by atoms with E-state index in [1.807, 2.05) is 30.3 Å². The zero-order valence-electron chi connectivity index (χ0n) is 17.1. The zero-order valence-corrected chi connectivity index (χ0v) is 19.5. The van der Waals surface area contributed by atoms with Gasteiger partial charge >= 0.3 is 0 Å². The van der Waals surface area contributed by atoms with Gasteiger partial charge < -0.3 is 15.0 Å². The first kappa shape index (κ1) is 21.9. The van der Waals surface area contributed by atoms with Gasteiger partial charge in [0.15, 0.2) is 5.96 Å². The van der Waals surface area contributed by atoms with Gasteiger partial charge in [-0.2, -0.15) is 0 Å². The van der Waals surface area contributed by atoms with Crippen molar-refractivity contribution < 1.29 is 4.74 Å². The van der Waals surface area contributed by atoms with E-state index in [-0.39, 0.29) is 24.0 Å². The summed E-state index contributed by atoms with van der Waals surface area (Å²) < 4.78 is 5.90. The van der Waals surface area contributed by atoms with Crippen molar-refractivity contribution in [3.63, 3.8) is 0 Å². The maximum atomic E-state index is 5.90. The number of hydrogen-bond donors (Lipinski definition) is 1. The molecular weight excluding hydrogens is 475 g/mol. The van der Waals surface area contributed by atoms with Crippen LogP contribution >= 0.6 is 24.0 Å². The maximum Gasteiger partial charge on any atom is 0.194 e. The SMILES string of the molecule is CCNC(=NCc1cccc(OCc2ccccn2)c1)N1CCC2(CCC2)C1.I. The number of guanidine groups is 1. The lowest BCUT2D eigenvalue weighted by molar-refractivity contribution is 0.151. The zero-order chi connectivity index (χ0) is 19.2. The van der Waals surface area contributed by atoms with Gasteiger partial charge in [0, 0.05) is 25.8 Å². The first-order chi connectivity index (χ1) is 13.8. The maximum absolute atomic E-state index is 5.90. The van der Waals surface area contributed by atoms with E-state index in [2.05, 4.69) is 34.3 Å². The van der Waals surface area contributed by atoms with Gasteiger partial charge in [-0.05, 0) is 61.4 Å². The summed E-state index contributed by atoms with van der Waals surface area (Å²) in [5, 5.41) is 3.48. The number of pyridine rings is 1. The van der Waals surface area contributed by atoms with E-state index in [1.165, 1.54) is 25.7 Å². The van der Waals surface area contributed by atoms with Gasteiger partial charge in [0.2, 0.25) is 0 Å². The molecule has 2 aliphatic rings. The lowest BCUT2D eigenvalue weighted by atomic mass is 9.68. The van der Waals surface area contributed by atoms with Crippen LogP contribution in [0.2, 0.25) is 0 Å². The van der Waals surface area contributed by atoms with Crippen molar-refractivity contribution in [1.29, 1.82) is 0 Å². The average molecular weight is 506 g/mol. The van der Waals surface area contributed by atoms with Crippen molar-refractivity contribution >= 4 is 29.9 Å². The van der Waals surface area contributed by atoms with Crippen LogP contribution in [-0.4, -0.2) is 35.5 Å². The molecule has 1 aliphatic heterocycles. The minimum atomic E-state index is 0. The lowest BCUT2D eigenvalue weighted by Gasteiger charge is -2.38. The molecule has 29 heavy (non-hydrogen) atoms. The standard InChI is InChI=1S/C23H30N4O.HI/c1-2-24-22(27-14-12-23(18-27)10-6-11-23)26-16-19-7-5-9-21(15-19)28-17-20-8-3-4-13-25-20;/h3-5,7-9,13,15H,2,6,10-12,14,16-18H2,1H3,(H,24,26);1H. The summed E-state index contributed by atoms with van der Waals surface area (Å²) in [6.45, 7) is 6.45. The first-order valence-corrected chi connectivity index (χ1v) is 10.4. The van der Waals surface area contributed by atoms with Crippen LogP contribution in [-0.2, 0) is 13.2 Å². The van der Waals surface area contributed by atoms with Crippen molar-refractivity contribution in [3.8, 4) is 5.75 Å². The lowest BCUT2D eigenvalue weighted by Crippen LogP contribution is -2.42. The number of aliphatic imine (C=N–C) groups is 1. The third kappa shape index (κ3) is 5.62. The van der Waals surface area contributed by atoms with Gasteiger partial charge in [-0.3, -0.25) is 4.98 Å². The Bertz CT molecular complexity index is 808. The van der Waals surface area contributed by atoms with E-state index in [4.69, 9.17) is 9.73 Å². The second-order valence-electron chi connectivity index (χ2n) is 7.95. The number of nitrogens with one attached hydrogen (secondary N) is 1. The highest BCUT2D eigenvalue weighted by molar-refractivity contribution is 14.0. The molecule has 6 heteroatoms. The third-order valence-corrected chi connectivity index (χ3v) is 5.91. The second-order valence-corrected chi connectivity index (χ2v) is 7.95. The van der Waals surface area contributed by atoms with Crippen molar-refractivity contribution in [3.05, 3.63) is 59.9 Å². The summed E-state index contributed by atoms with van der Waals surface area (Å²) >= 11 is 0. The number of aromatic nitrogens is 1. The number of rotatable bonds is 6. The largest absolute Gasteiger partial charge is 0.487 e. The number of halogens is 1. The van der Waals surface area contributed by atoms with Crippen LogP contribution < -0.4 is 10.1 Å². The van der Waals surface area contributed by atoms with Gasteiger partial charge in [0.05, 0.1) is 12.2 Å². The average Bonchev–Trinajstić information content (AvgIpc) is 3.17. The third-order valence-electron chi connectivity index (χ3n) is 5.91. The molecule has 1 aromatic carbocycles. The van der Waals surface area contributed by atoms with Crippen molar-refractivity contribution in [2.24, 2.45) is 10.4 Å². The Labute approximate surface area is 191 Å². The summed E-state index contributed by atoms with van der Waals surface area (Å²) in [4.78, 5) is 11.7. The molecule has 0 amide bonds. The molecule has 0 bridgehead atoms. The van der Waals surface area contributed by atoms with E-state index in [9.17, 15) is 0 Å². The van der Waals surface area contributed by atoms with Gasteiger partial charge in [0.25, 0.3) is 0 Å². The normalized spacial score (nSPS) is 17.6. The van der Waals surface area contributed by atoms with Crippen molar-refractivity contribution in [2.75, 3.05) is 19.6 Å². The molecular formula is C23H31IN4O. The van der Waals surface area contributed by atoms with E-state index >= 15 is 0 Å². The van der Waals surface area contributed by atoms with E-state index in [0.717, 1.165) is 42.6 Å². The molecule has 2 fully saturated rings. The first-order valence-electron chi connectivity index (χ1n) is 10.4. The number of likely N-dealkylation sites (tertiary alicyclic amines) is 1. The quantitative estimate of drug-likeness (QED) is 0.353. The van der Waals surface area contributed by atoms with E-state index < -0.39 is 0 Å². The summed E-state index contributed by atoms with van der Waals surface area (Å²) in [6, 6.07) is 14.1. The van der Waals surface area contributed by atoms with Crippen LogP contribution in [0.1, 0.15) is 43.9 Å². The Kier molecular flexibility index (Phi) is 7.75. The highest BCUT2D eigenvalue weighted by Gasteiger charge is 2.43. The molecule has 1 N–H and O–H groups in total. The molecule has 156 valence electrons. The fraction of sp³-hybridized carbons (Fsp3) is 0.478. The summed E-state index contributed by atoms with van der Waals surface area (Å²) in [5.41, 5.74) is 2.67. The monoisotopic (exact) mass is 506 g/mol. The number of ether oxygens (including phenoxy) is 1. The Hall–Kier alpha value is -1.83. The van der Waals surface area contributed by atoms with Gasteiger partial charge in [-0.1, -0.05) is 24.6 Å². The molecule has 5 nitrogen and oxygen atoms in total. The summed E-state index contributed by atoms with van der Waals surface area (Å²) in [5.74, 6) is 1.91. The molecule has 1 aromatic heterocycles. The minimum absolute atomic E-state index is 0. The molecule has 0 unspecified atom stereocenters. The van der Waals surface area contributed by atoms with Crippen LogP contribution in [0.5, 0.6) is 5.75 Å². The predicted molar refractivity (Wildman–Crippen MR) is 128 cm³/mol. The highest BCUT2D eigenvalue weighted by atomic mass is 127. The second kappa shape index (κ2) is 10.3. The van der Waals surface area contributed by atoms with E-state index in [0.29, 0.717) is 18.6 Å². The fourth-order valence-corrected chi connectivity index (χ4v) is 4.17. The highest BCUT2D eigenvalue weighted by Crippen LogP contribution is 2.47. The minimum Gasteiger partial charge on any atom is -0.487 e. The number of benzene rings is 1. The van der Waals surface area contributed by atoms with E-state index in [1.54, 1.807) is 6.20 Å². The van der Waals surface area contributed by atoms with Gasteiger partial charge in [0.1, 0.15) is 12.4 Å². The Morgan fingerprint density at radius 1 is 1.21 bits per heavy atom. The van der Waals surface area contributed by atoms with Crippen LogP contribution in [0.3, 0.4) is 0 Å². The molecule has 2 heterocycles. The van der Waals surface area contributed by atoms with Crippen LogP contribution in [0.25, 0.3) is 0 Å². The summed E-state index contributed by atoms with van der Waals surface area (Å²) in [7, 11) is 0. The molecule has 4 rings (SSSR count). The predicted octanol–water partition coefficient (Wildman–Crippen LogP) is 4.62. The van der Waals surface area contributed by atoms with Crippen LogP contribution in [0.15, 0.2) is 53.7 Å². The topological polar surface area (TPSA) is 49.8 Å². The number of nitrogens with zero attached hydrogens (tertiary/aromatic N) is 3. The summed E-state index contributed by atoms with van der Waals surface area (Å²) in [6.07, 6.45) is 7.27.